The Bertz CT molecular complexity index is 851. The van der Waals surface area contributed by atoms with Gasteiger partial charge in [0.1, 0.15) is 0 Å². The fraction of sp³-hybridized carbons (Fsp3) is 0.250. The minimum Gasteiger partial charge on any atom is -0.341 e. The minimum absolute atomic E-state index is 0.645. The lowest BCUT2D eigenvalue weighted by Gasteiger charge is -2.08. The van der Waals surface area contributed by atoms with Crippen LogP contribution in [0.3, 0.4) is 0 Å². The van der Waals surface area contributed by atoms with Crippen LogP contribution in [0.2, 0.25) is 5.02 Å². The largest absolute Gasteiger partial charge is 0.341 e. The second-order valence-corrected chi connectivity index (χ2v) is 5.37. The van der Waals surface area contributed by atoms with Gasteiger partial charge >= 0.3 is 0 Å². The molecule has 0 N–H and O–H groups in total. The van der Waals surface area contributed by atoms with Gasteiger partial charge in [-0.15, -0.1) is 0 Å². The first-order valence-electron chi connectivity index (χ1n) is 6.84. The third kappa shape index (κ3) is 2.30. The highest BCUT2D eigenvalue weighted by Crippen LogP contribution is 2.24. The van der Waals surface area contributed by atoms with Crippen LogP contribution >= 0.6 is 11.6 Å². The molecule has 3 aromatic rings. The summed E-state index contributed by atoms with van der Waals surface area (Å²) < 4.78 is 4.03. The van der Waals surface area contributed by atoms with E-state index in [1.807, 2.05) is 49.0 Å². The van der Waals surface area contributed by atoms with Gasteiger partial charge in [-0.2, -0.15) is 10.4 Å². The van der Waals surface area contributed by atoms with Gasteiger partial charge in [-0.05, 0) is 37.4 Å². The summed E-state index contributed by atoms with van der Waals surface area (Å²) >= 11 is 6.37. The molecule has 0 spiro atoms. The molecule has 0 atom stereocenters. The molecule has 0 bridgehead atoms. The van der Waals surface area contributed by atoms with Crippen LogP contribution in [0, 0.1) is 18.3 Å². The molecular formula is C16H15ClN4. The highest BCUT2D eigenvalue weighted by molar-refractivity contribution is 6.31. The van der Waals surface area contributed by atoms with Crippen LogP contribution in [0.4, 0.5) is 0 Å². The first-order chi connectivity index (χ1) is 10.1. The van der Waals surface area contributed by atoms with Crippen molar-refractivity contribution in [2.75, 3.05) is 0 Å². The van der Waals surface area contributed by atoms with Crippen molar-refractivity contribution in [1.82, 2.24) is 14.3 Å². The van der Waals surface area contributed by atoms with Crippen molar-refractivity contribution < 1.29 is 0 Å². The van der Waals surface area contributed by atoms with Crippen molar-refractivity contribution in [1.29, 1.82) is 5.26 Å². The van der Waals surface area contributed by atoms with E-state index in [1.54, 1.807) is 0 Å². The molecule has 0 unspecified atom stereocenters. The van der Waals surface area contributed by atoms with Gasteiger partial charge in [0.25, 0.3) is 0 Å². The summed E-state index contributed by atoms with van der Waals surface area (Å²) in [6, 6.07) is 9.93. The maximum Gasteiger partial charge on any atom is 0.0992 e. The predicted octanol–water partition coefficient (Wildman–Crippen LogP) is 3.74. The number of nitrogens with zero attached hydrogens (tertiary/aromatic N) is 4. The van der Waals surface area contributed by atoms with E-state index in [-0.39, 0.29) is 0 Å². The molecule has 0 aliphatic rings. The molecule has 21 heavy (non-hydrogen) atoms. The smallest absolute Gasteiger partial charge is 0.0992 e. The molecule has 1 aromatic carbocycles. The van der Waals surface area contributed by atoms with Crippen LogP contribution in [-0.2, 0) is 13.1 Å². The number of rotatable bonds is 3. The zero-order chi connectivity index (χ0) is 15.0. The van der Waals surface area contributed by atoms with Crippen LogP contribution in [0.15, 0.2) is 30.5 Å². The third-order valence-electron chi connectivity index (χ3n) is 3.68. The minimum atomic E-state index is 0.645. The number of nitriles is 1. The van der Waals surface area contributed by atoms with Gasteiger partial charge in [-0.1, -0.05) is 17.7 Å². The maximum absolute atomic E-state index is 9.05. The Balaban J connectivity index is 2.08. The second-order valence-electron chi connectivity index (χ2n) is 4.99. The standard InChI is InChI=1S/C16H15ClN4/c1-3-21-15(16(17)11(2)19-21)10-20-7-6-13-5-4-12(9-18)8-14(13)20/h4-8H,3,10H2,1-2H3. The van der Waals surface area contributed by atoms with E-state index in [9.17, 15) is 0 Å². The Hall–Kier alpha value is -2.25. The zero-order valence-electron chi connectivity index (χ0n) is 12.0. The molecule has 2 heterocycles. The molecule has 0 saturated carbocycles. The molecule has 0 saturated heterocycles. The summed E-state index contributed by atoms with van der Waals surface area (Å²) in [5.74, 6) is 0. The molecule has 0 radical (unpaired) electrons. The Labute approximate surface area is 128 Å². The molecule has 5 heteroatoms. The van der Waals surface area contributed by atoms with Crippen LogP contribution in [0.25, 0.3) is 10.9 Å². The Morgan fingerprint density at radius 3 is 2.86 bits per heavy atom. The van der Waals surface area contributed by atoms with E-state index in [0.29, 0.717) is 12.1 Å². The number of hydrogen-bond donors (Lipinski definition) is 0. The van der Waals surface area contributed by atoms with Gasteiger partial charge in [-0.3, -0.25) is 4.68 Å². The Morgan fingerprint density at radius 1 is 1.33 bits per heavy atom. The molecular weight excluding hydrogens is 284 g/mol. The fourth-order valence-electron chi connectivity index (χ4n) is 2.57. The lowest BCUT2D eigenvalue weighted by molar-refractivity contribution is 0.602. The molecule has 0 fully saturated rings. The average molecular weight is 299 g/mol. The topological polar surface area (TPSA) is 46.5 Å². The summed E-state index contributed by atoms with van der Waals surface area (Å²) in [4.78, 5) is 0. The van der Waals surface area contributed by atoms with Gasteiger partial charge in [0.15, 0.2) is 0 Å². The molecule has 0 aliphatic carbocycles. The third-order valence-corrected chi connectivity index (χ3v) is 4.17. The van der Waals surface area contributed by atoms with E-state index in [2.05, 4.69) is 15.7 Å². The van der Waals surface area contributed by atoms with E-state index < -0.39 is 0 Å². The maximum atomic E-state index is 9.05. The molecule has 3 rings (SSSR count). The van der Waals surface area contributed by atoms with E-state index in [4.69, 9.17) is 16.9 Å². The molecule has 4 nitrogen and oxygen atoms in total. The Morgan fingerprint density at radius 2 is 2.14 bits per heavy atom. The van der Waals surface area contributed by atoms with Crippen molar-refractivity contribution in [2.45, 2.75) is 26.9 Å². The van der Waals surface area contributed by atoms with Crippen molar-refractivity contribution in [2.24, 2.45) is 0 Å². The number of aromatic nitrogens is 3. The summed E-state index contributed by atoms with van der Waals surface area (Å²) in [5, 5.41) is 15.3. The highest BCUT2D eigenvalue weighted by atomic mass is 35.5. The van der Waals surface area contributed by atoms with Gasteiger partial charge < -0.3 is 4.57 Å². The highest BCUT2D eigenvalue weighted by Gasteiger charge is 2.14. The van der Waals surface area contributed by atoms with Crippen molar-refractivity contribution >= 4 is 22.5 Å². The predicted molar refractivity (Wildman–Crippen MR) is 83.4 cm³/mol. The van der Waals surface area contributed by atoms with E-state index in [1.165, 1.54) is 0 Å². The number of halogens is 1. The lowest BCUT2D eigenvalue weighted by Crippen LogP contribution is -2.07. The number of hydrogen-bond acceptors (Lipinski definition) is 2. The van der Waals surface area contributed by atoms with Crippen molar-refractivity contribution in [3.63, 3.8) is 0 Å². The van der Waals surface area contributed by atoms with Crippen LogP contribution in [-0.4, -0.2) is 14.3 Å². The van der Waals surface area contributed by atoms with E-state index in [0.717, 1.165) is 33.9 Å². The summed E-state index contributed by atoms with van der Waals surface area (Å²) in [5.41, 5.74) is 3.54. The van der Waals surface area contributed by atoms with Crippen LogP contribution in [0.5, 0.6) is 0 Å². The van der Waals surface area contributed by atoms with Gasteiger partial charge in [0.05, 0.1) is 34.6 Å². The summed E-state index contributed by atoms with van der Waals surface area (Å²) in [6.45, 7) is 5.39. The molecule has 0 amide bonds. The summed E-state index contributed by atoms with van der Waals surface area (Å²) in [6.07, 6.45) is 2.02. The first kappa shape index (κ1) is 13.7. The monoisotopic (exact) mass is 298 g/mol. The number of aryl methyl sites for hydroxylation is 2. The normalized spacial score (nSPS) is 11.0. The van der Waals surface area contributed by atoms with E-state index >= 15 is 0 Å². The zero-order valence-corrected chi connectivity index (χ0v) is 12.7. The molecule has 106 valence electrons. The van der Waals surface area contributed by atoms with Crippen LogP contribution < -0.4 is 0 Å². The number of benzene rings is 1. The fourth-order valence-corrected chi connectivity index (χ4v) is 2.77. The van der Waals surface area contributed by atoms with Crippen molar-refractivity contribution in [3.8, 4) is 6.07 Å². The number of fused-ring (bicyclic) bond motifs is 1. The summed E-state index contributed by atoms with van der Waals surface area (Å²) in [7, 11) is 0. The molecule has 2 aromatic heterocycles. The van der Waals surface area contributed by atoms with Gasteiger partial charge in [0.2, 0.25) is 0 Å². The molecule has 0 aliphatic heterocycles. The van der Waals surface area contributed by atoms with Crippen LogP contribution in [0.1, 0.15) is 23.9 Å². The quantitative estimate of drug-likeness (QED) is 0.739. The Kier molecular flexibility index (Phi) is 3.44. The van der Waals surface area contributed by atoms with Gasteiger partial charge in [-0.25, -0.2) is 0 Å². The second kappa shape index (κ2) is 5.27. The van der Waals surface area contributed by atoms with Gasteiger partial charge in [0, 0.05) is 18.3 Å². The average Bonchev–Trinajstić information content (AvgIpc) is 3.02. The SMILES string of the molecule is CCn1nc(C)c(Cl)c1Cn1ccc2ccc(C#N)cc21. The first-order valence-corrected chi connectivity index (χ1v) is 7.22. The lowest BCUT2D eigenvalue weighted by atomic mass is 10.2. The van der Waals surface area contributed by atoms with Crippen molar-refractivity contribution in [3.05, 3.63) is 52.4 Å².